The zero-order valence-electron chi connectivity index (χ0n) is 10.7. The van der Waals surface area contributed by atoms with E-state index >= 15 is 0 Å². The molecule has 0 spiro atoms. The smallest absolute Gasteiger partial charge is 0.227 e. The fourth-order valence-corrected chi connectivity index (χ4v) is 2.60. The average Bonchev–Trinajstić information content (AvgIpc) is 2.84. The van der Waals surface area contributed by atoms with E-state index in [1.807, 2.05) is 0 Å². The molecule has 1 aliphatic heterocycles. The Morgan fingerprint density at radius 2 is 2.12 bits per heavy atom. The lowest BCUT2D eigenvalue weighted by molar-refractivity contribution is -0.131. The summed E-state index contributed by atoms with van der Waals surface area (Å²) in [7, 11) is 0. The van der Waals surface area contributed by atoms with Gasteiger partial charge in [-0.3, -0.25) is 4.79 Å². The van der Waals surface area contributed by atoms with Gasteiger partial charge < -0.3 is 10.6 Å². The molecule has 0 bridgehead atoms. The van der Waals surface area contributed by atoms with Gasteiger partial charge in [-0.05, 0) is 44.1 Å². The Morgan fingerprint density at radius 3 is 2.62 bits per heavy atom. The standard InChI is InChI=1S/C13H24N2O/c1-12(2)7-10(12)8-15-11(16)13(3)5-4-6-14-9-13/h10,14H,4-9H2,1-3H3,(H,15,16). The van der Waals surface area contributed by atoms with Gasteiger partial charge >= 0.3 is 0 Å². The van der Waals surface area contributed by atoms with Gasteiger partial charge in [0.25, 0.3) is 0 Å². The zero-order chi connectivity index (χ0) is 11.8. The molecule has 2 rings (SSSR count). The average molecular weight is 224 g/mol. The van der Waals surface area contributed by atoms with Crippen molar-refractivity contribution in [1.29, 1.82) is 0 Å². The van der Waals surface area contributed by atoms with Crippen molar-refractivity contribution in [1.82, 2.24) is 10.6 Å². The van der Waals surface area contributed by atoms with E-state index in [1.165, 1.54) is 6.42 Å². The molecule has 3 heteroatoms. The molecule has 0 aromatic heterocycles. The fraction of sp³-hybridized carbons (Fsp3) is 0.923. The van der Waals surface area contributed by atoms with Crippen LogP contribution in [0, 0.1) is 16.7 Å². The molecule has 2 unspecified atom stereocenters. The molecule has 1 saturated heterocycles. The molecule has 0 aromatic carbocycles. The molecule has 16 heavy (non-hydrogen) atoms. The molecule has 1 saturated carbocycles. The molecule has 1 aliphatic carbocycles. The maximum absolute atomic E-state index is 12.1. The molecule has 2 aliphatic rings. The maximum Gasteiger partial charge on any atom is 0.227 e. The van der Waals surface area contributed by atoms with Gasteiger partial charge in [-0.2, -0.15) is 0 Å². The Balaban J connectivity index is 1.79. The van der Waals surface area contributed by atoms with Crippen LogP contribution in [-0.4, -0.2) is 25.5 Å². The van der Waals surface area contributed by atoms with Crippen molar-refractivity contribution in [3.05, 3.63) is 0 Å². The number of carbonyl (C=O) groups is 1. The van der Waals surface area contributed by atoms with Gasteiger partial charge in [0.05, 0.1) is 5.41 Å². The Bertz CT molecular complexity index is 280. The molecule has 3 nitrogen and oxygen atoms in total. The van der Waals surface area contributed by atoms with Crippen LogP contribution in [0.25, 0.3) is 0 Å². The first-order chi connectivity index (χ1) is 7.44. The Labute approximate surface area is 98.4 Å². The molecule has 2 atom stereocenters. The number of nitrogens with one attached hydrogen (secondary N) is 2. The van der Waals surface area contributed by atoms with Gasteiger partial charge in [0.1, 0.15) is 0 Å². The number of amides is 1. The van der Waals surface area contributed by atoms with E-state index in [9.17, 15) is 4.79 Å². The molecule has 92 valence electrons. The minimum absolute atomic E-state index is 0.183. The minimum Gasteiger partial charge on any atom is -0.355 e. The Kier molecular flexibility index (Phi) is 2.99. The van der Waals surface area contributed by atoms with Gasteiger partial charge in [0, 0.05) is 13.1 Å². The number of hydrogen-bond donors (Lipinski definition) is 2. The van der Waals surface area contributed by atoms with Crippen LogP contribution in [0.3, 0.4) is 0 Å². The summed E-state index contributed by atoms with van der Waals surface area (Å²) in [5, 5.41) is 6.45. The topological polar surface area (TPSA) is 41.1 Å². The van der Waals surface area contributed by atoms with Crippen molar-refractivity contribution < 1.29 is 4.79 Å². The Morgan fingerprint density at radius 1 is 1.44 bits per heavy atom. The van der Waals surface area contributed by atoms with Crippen LogP contribution in [0.2, 0.25) is 0 Å². The van der Waals surface area contributed by atoms with E-state index in [2.05, 4.69) is 31.4 Å². The second kappa shape index (κ2) is 4.02. The first kappa shape index (κ1) is 11.9. The maximum atomic E-state index is 12.1. The highest BCUT2D eigenvalue weighted by Crippen LogP contribution is 2.51. The van der Waals surface area contributed by atoms with E-state index < -0.39 is 0 Å². The highest BCUT2D eigenvalue weighted by atomic mass is 16.2. The molecule has 2 fully saturated rings. The lowest BCUT2D eigenvalue weighted by Gasteiger charge is -2.32. The summed E-state index contributed by atoms with van der Waals surface area (Å²) in [6.07, 6.45) is 3.38. The molecule has 1 amide bonds. The summed E-state index contributed by atoms with van der Waals surface area (Å²) in [5.74, 6) is 0.930. The molecular formula is C13H24N2O. The summed E-state index contributed by atoms with van der Waals surface area (Å²) >= 11 is 0. The number of piperidine rings is 1. The van der Waals surface area contributed by atoms with Crippen LogP contribution in [0.15, 0.2) is 0 Å². The summed E-state index contributed by atoms with van der Waals surface area (Å²) in [6.45, 7) is 9.36. The van der Waals surface area contributed by atoms with E-state index in [1.54, 1.807) is 0 Å². The molecule has 0 radical (unpaired) electrons. The summed E-state index contributed by atoms with van der Waals surface area (Å²) in [6, 6.07) is 0. The van der Waals surface area contributed by atoms with E-state index in [4.69, 9.17) is 0 Å². The van der Waals surface area contributed by atoms with Crippen molar-refractivity contribution >= 4 is 5.91 Å². The number of carbonyl (C=O) groups excluding carboxylic acids is 1. The third kappa shape index (κ3) is 2.40. The molecule has 1 heterocycles. The quantitative estimate of drug-likeness (QED) is 0.763. The van der Waals surface area contributed by atoms with Crippen LogP contribution < -0.4 is 10.6 Å². The van der Waals surface area contributed by atoms with Crippen molar-refractivity contribution in [2.24, 2.45) is 16.7 Å². The molecule has 0 aromatic rings. The molecular weight excluding hydrogens is 200 g/mol. The molecule has 2 N–H and O–H groups in total. The van der Waals surface area contributed by atoms with Crippen molar-refractivity contribution in [3.63, 3.8) is 0 Å². The minimum atomic E-state index is -0.183. The highest BCUT2D eigenvalue weighted by Gasteiger charge is 2.46. The number of rotatable bonds is 3. The van der Waals surface area contributed by atoms with Crippen LogP contribution in [0.5, 0.6) is 0 Å². The lowest BCUT2D eigenvalue weighted by Crippen LogP contribution is -2.49. The predicted octanol–water partition coefficient (Wildman–Crippen LogP) is 1.54. The monoisotopic (exact) mass is 224 g/mol. The van der Waals surface area contributed by atoms with Crippen molar-refractivity contribution in [2.75, 3.05) is 19.6 Å². The van der Waals surface area contributed by atoms with Gasteiger partial charge in [-0.1, -0.05) is 13.8 Å². The highest BCUT2D eigenvalue weighted by molar-refractivity contribution is 5.82. The summed E-state index contributed by atoms with van der Waals surface area (Å²) in [5.41, 5.74) is 0.274. The second-order valence-corrected chi connectivity index (χ2v) is 6.44. The predicted molar refractivity (Wildman–Crippen MR) is 65.1 cm³/mol. The number of hydrogen-bond acceptors (Lipinski definition) is 2. The van der Waals surface area contributed by atoms with Crippen LogP contribution >= 0.6 is 0 Å². The van der Waals surface area contributed by atoms with Gasteiger partial charge in [-0.25, -0.2) is 0 Å². The second-order valence-electron chi connectivity index (χ2n) is 6.44. The van der Waals surface area contributed by atoms with Gasteiger partial charge in [0.2, 0.25) is 5.91 Å². The van der Waals surface area contributed by atoms with Crippen molar-refractivity contribution in [3.8, 4) is 0 Å². The first-order valence-electron chi connectivity index (χ1n) is 6.43. The SMILES string of the molecule is CC1(C(=O)NCC2CC2(C)C)CCCNC1. The summed E-state index contributed by atoms with van der Waals surface area (Å²) in [4.78, 5) is 12.1. The largest absolute Gasteiger partial charge is 0.355 e. The van der Waals surface area contributed by atoms with E-state index in [-0.39, 0.29) is 11.3 Å². The van der Waals surface area contributed by atoms with Gasteiger partial charge in [-0.15, -0.1) is 0 Å². The van der Waals surface area contributed by atoms with Crippen LogP contribution in [0.1, 0.15) is 40.0 Å². The third-order valence-electron chi connectivity index (χ3n) is 4.37. The van der Waals surface area contributed by atoms with Crippen LogP contribution in [0.4, 0.5) is 0 Å². The zero-order valence-corrected chi connectivity index (χ0v) is 10.7. The third-order valence-corrected chi connectivity index (χ3v) is 4.37. The first-order valence-corrected chi connectivity index (χ1v) is 6.43. The fourth-order valence-electron chi connectivity index (χ4n) is 2.60. The Hall–Kier alpha value is -0.570. The van der Waals surface area contributed by atoms with Crippen molar-refractivity contribution in [2.45, 2.75) is 40.0 Å². The summed E-state index contributed by atoms with van der Waals surface area (Å²) < 4.78 is 0. The van der Waals surface area contributed by atoms with E-state index in [0.717, 1.165) is 32.5 Å². The van der Waals surface area contributed by atoms with E-state index in [0.29, 0.717) is 11.3 Å². The van der Waals surface area contributed by atoms with Gasteiger partial charge in [0.15, 0.2) is 0 Å². The van der Waals surface area contributed by atoms with Crippen LogP contribution in [-0.2, 0) is 4.79 Å². The lowest BCUT2D eigenvalue weighted by atomic mass is 9.82. The normalized spacial score (nSPS) is 36.8.